The molecule has 0 aliphatic carbocycles. The van der Waals surface area contributed by atoms with E-state index in [2.05, 4.69) is 28.6 Å². The second kappa shape index (κ2) is 3.80. The van der Waals surface area contributed by atoms with Gasteiger partial charge < -0.3 is 10.1 Å². The molecule has 0 aliphatic heterocycles. The van der Waals surface area contributed by atoms with Crippen LogP contribution in [0.5, 0.6) is 0 Å². The monoisotopic (exact) mass is 189 g/mol. The van der Waals surface area contributed by atoms with E-state index in [0.29, 0.717) is 6.54 Å². The molecular weight excluding hydrogens is 174 g/mol. The summed E-state index contributed by atoms with van der Waals surface area (Å²) in [6.45, 7) is 2.79. The van der Waals surface area contributed by atoms with Crippen molar-refractivity contribution in [1.29, 1.82) is 0 Å². The predicted octanol–water partition coefficient (Wildman–Crippen LogP) is 1.40. The third kappa shape index (κ3) is 1.51. The molecule has 0 fully saturated rings. The van der Waals surface area contributed by atoms with Crippen LogP contribution >= 0.6 is 0 Å². The van der Waals surface area contributed by atoms with Gasteiger partial charge in [0.15, 0.2) is 0 Å². The van der Waals surface area contributed by atoms with Crippen LogP contribution < -0.4 is 5.73 Å². The van der Waals surface area contributed by atoms with Gasteiger partial charge in [-0.1, -0.05) is 13.0 Å². The number of hydrogen-bond acceptors (Lipinski definition) is 2. The van der Waals surface area contributed by atoms with Gasteiger partial charge in [0, 0.05) is 18.3 Å². The first-order valence-electron chi connectivity index (χ1n) is 5.01. The Hall–Kier alpha value is -1.35. The summed E-state index contributed by atoms with van der Waals surface area (Å²) in [4.78, 5) is 4.50. The Morgan fingerprint density at radius 2 is 2.29 bits per heavy atom. The van der Waals surface area contributed by atoms with Gasteiger partial charge in [0.25, 0.3) is 0 Å². The van der Waals surface area contributed by atoms with Gasteiger partial charge in [-0.05, 0) is 25.1 Å². The van der Waals surface area contributed by atoms with E-state index < -0.39 is 0 Å². The lowest BCUT2D eigenvalue weighted by Gasteiger charge is -2.02. The normalized spacial score (nSPS) is 11.0. The molecule has 2 rings (SSSR count). The molecule has 3 heteroatoms. The third-order valence-electron chi connectivity index (χ3n) is 2.39. The van der Waals surface area contributed by atoms with E-state index in [1.165, 1.54) is 5.69 Å². The third-order valence-corrected chi connectivity index (χ3v) is 2.39. The lowest BCUT2D eigenvalue weighted by Crippen LogP contribution is -2.06. The molecular formula is C11H15N3. The molecule has 0 unspecified atom stereocenters. The summed E-state index contributed by atoms with van der Waals surface area (Å²) in [5.74, 6) is 0. The van der Waals surface area contributed by atoms with Crippen molar-refractivity contribution < 1.29 is 0 Å². The van der Waals surface area contributed by atoms with Crippen molar-refractivity contribution in [1.82, 2.24) is 9.38 Å². The second-order valence-electron chi connectivity index (χ2n) is 3.37. The average Bonchev–Trinajstić information content (AvgIpc) is 2.62. The molecule has 0 saturated carbocycles. The lowest BCUT2D eigenvalue weighted by molar-refractivity contribution is 0.895. The molecule has 0 bridgehead atoms. The molecule has 2 N–H and O–H groups in total. The number of aryl methyl sites for hydroxylation is 1. The zero-order valence-electron chi connectivity index (χ0n) is 8.40. The molecule has 0 radical (unpaired) electrons. The van der Waals surface area contributed by atoms with Crippen molar-refractivity contribution in [2.45, 2.75) is 19.8 Å². The first kappa shape index (κ1) is 9.21. The van der Waals surface area contributed by atoms with Gasteiger partial charge in [0.1, 0.15) is 5.65 Å². The highest BCUT2D eigenvalue weighted by molar-refractivity contribution is 5.41. The predicted molar refractivity (Wildman–Crippen MR) is 57.3 cm³/mol. The van der Waals surface area contributed by atoms with Gasteiger partial charge in [-0.15, -0.1) is 0 Å². The van der Waals surface area contributed by atoms with Gasteiger partial charge in [0.05, 0.1) is 5.69 Å². The van der Waals surface area contributed by atoms with Crippen LogP contribution in [0.2, 0.25) is 0 Å². The highest BCUT2D eigenvalue weighted by Crippen LogP contribution is 2.09. The minimum atomic E-state index is 0.679. The fourth-order valence-corrected chi connectivity index (χ4v) is 1.64. The molecule has 0 amide bonds. The number of aromatic nitrogens is 2. The Labute approximate surface area is 83.6 Å². The highest BCUT2D eigenvalue weighted by Gasteiger charge is 2.02. The van der Waals surface area contributed by atoms with Gasteiger partial charge in [-0.3, -0.25) is 0 Å². The van der Waals surface area contributed by atoms with Crippen molar-refractivity contribution in [3.8, 4) is 0 Å². The first-order valence-corrected chi connectivity index (χ1v) is 5.01. The van der Waals surface area contributed by atoms with E-state index in [4.69, 9.17) is 5.73 Å². The van der Waals surface area contributed by atoms with Crippen LogP contribution in [0, 0.1) is 0 Å². The number of hydrogen-bond donors (Lipinski definition) is 1. The fourth-order valence-electron chi connectivity index (χ4n) is 1.64. The number of nitrogens with two attached hydrogens (primary N) is 1. The summed E-state index contributed by atoms with van der Waals surface area (Å²) in [7, 11) is 0. The molecule has 0 aromatic carbocycles. The summed E-state index contributed by atoms with van der Waals surface area (Å²) in [5, 5.41) is 0. The highest BCUT2D eigenvalue weighted by atomic mass is 15.0. The number of pyridine rings is 1. The molecule has 0 atom stereocenters. The van der Waals surface area contributed by atoms with Crippen molar-refractivity contribution in [3.63, 3.8) is 0 Å². The van der Waals surface area contributed by atoms with Gasteiger partial charge in [0.2, 0.25) is 0 Å². The van der Waals surface area contributed by atoms with E-state index in [1.807, 2.05) is 12.1 Å². The Balaban J connectivity index is 2.55. The van der Waals surface area contributed by atoms with E-state index in [1.54, 1.807) is 0 Å². The molecule has 2 aromatic rings. The van der Waals surface area contributed by atoms with Gasteiger partial charge in [-0.2, -0.15) is 0 Å². The van der Waals surface area contributed by atoms with Crippen LogP contribution in [0.15, 0.2) is 24.4 Å². The van der Waals surface area contributed by atoms with Crippen molar-refractivity contribution in [3.05, 3.63) is 35.8 Å². The average molecular weight is 189 g/mol. The molecule has 0 saturated heterocycles. The molecule has 14 heavy (non-hydrogen) atoms. The van der Waals surface area contributed by atoms with E-state index in [-0.39, 0.29) is 0 Å². The maximum absolute atomic E-state index is 5.56. The van der Waals surface area contributed by atoms with Gasteiger partial charge >= 0.3 is 0 Å². The quantitative estimate of drug-likeness (QED) is 0.793. The summed E-state index contributed by atoms with van der Waals surface area (Å²) in [5.41, 5.74) is 8.95. The van der Waals surface area contributed by atoms with Crippen molar-refractivity contribution in [2.24, 2.45) is 5.73 Å². The molecule has 0 spiro atoms. The Kier molecular flexibility index (Phi) is 2.50. The number of nitrogens with zero attached hydrogens (tertiary/aromatic N) is 2. The molecule has 3 nitrogen and oxygen atoms in total. The molecule has 2 heterocycles. The number of imidazole rings is 1. The minimum absolute atomic E-state index is 0.679. The molecule has 2 aromatic heterocycles. The largest absolute Gasteiger partial charge is 0.330 e. The Morgan fingerprint density at radius 1 is 1.43 bits per heavy atom. The Bertz CT molecular complexity index is 431. The van der Waals surface area contributed by atoms with Crippen molar-refractivity contribution >= 4 is 5.65 Å². The fraction of sp³-hybridized carbons (Fsp3) is 0.364. The van der Waals surface area contributed by atoms with Crippen LogP contribution in [0.3, 0.4) is 0 Å². The van der Waals surface area contributed by atoms with E-state index in [0.717, 1.165) is 24.2 Å². The maximum atomic E-state index is 5.56. The standard InChI is InChI=1S/C11H15N3/c1-2-9-8-14-10(6-7-12)4-3-5-11(14)13-9/h3-5,8H,2,6-7,12H2,1H3. The summed E-state index contributed by atoms with van der Waals surface area (Å²) >= 11 is 0. The number of fused-ring (bicyclic) bond motifs is 1. The molecule has 0 aliphatic rings. The zero-order valence-corrected chi connectivity index (χ0v) is 8.40. The maximum Gasteiger partial charge on any atom is 0.137 e. The first-order chi connectivity index (χ1) is 6.85. The second-order valence-corrected chi connectivity index (χ2v) is 3.37. The van der Waals surface area contributed by atoms with Crippen LogP contribution in [0.4, 0.5) is 0 Å². The lowest BCUT2D eigenvalue weighted by atomic mass is 10.2. The Morgan fingerprint density at radius 3 is 3.00 bits per heavy atom. The topological polar surface area (TPSA) is 43.3 Å². The summed E-state index contributed by atoms with van der Waals surface area (Å²) in [6.07, 6.45) is 3.97. The van der Waals surface area contributed by atoms with E-state index >= 15 is 0 Å². The smallest absolute Gasteiger partial charge is 0.137 e. The van der Waals surface area contributed by atoms with Crippen LogP contribution in [0.1, 0.15) is 18.3 Å². The van der Waals surface area contributed by atoms with Crippen LogP contribution in [-0.2, 0) is 12.8 Å². The van der Waals surface area contributed by atoms with Gasteiger partial charge in [-0.25, -0.2) is 4.98 Å². The van der Waals surface area contributed by atoms with Crippen molar-refractivity contribution in [2.75, 3.05) is 6.54 Å². The SMILES string of the molecule is CCc1cn2c(CCN)cccc2n1. The zero-order chi connectivity index (χ0) is 9.97. The summed E-state index contributed by atoms with van der Waals surface area (Å²) < 4.78 is 2.13. The summed E-state index contributed by atoms with van der Waals surface area (Å²) in [6, 6.07) is 6.16. The number of rotatable bonds is 3. The van der Waals surface area contributed by atoms with Crippen LogP contribution in [-0.4, -0.2) is 15.9 Å². The van der Waals surface area contributed by atoms with Crippen LogP contribution in [0.25, 0.3) is 5.65 Å². The minimum Gasteiger partial charge on any atom is -0.330 e. The molecule has 74 valence electrons. The van der Waals surface area contributed by atoms with E-state index in [9.17, 15) is 0 Å².